The number of rotatable bonds is 0. The Morgan fingerprint density at radius 2 is 1.25 bits per heavy atom. The topological polar surface area (TPSA) is 0 Å². The Hall–Kier alpha value is 3.06. The minimum atomic E-state index is 0. The van der Waals surface area contributed by atoms with Crippen molar-refractivity contribution in [3.05, 3.63) is 0 Å². The van der Waals surface area contributed by atoms with E-state index in [1.54, 1.807) is 0 Å². The van der Waals surface area contributed by atoms with E-state index in [1.807, 2.05) is 0 Å². The van der Waals surface area contributed by atoms with Crippen LogP contribution in [0.25, 0.3) is 0 Å². The molecule has 4 heteroatoms. The van der Waals surface area contributed by atoms with Crippen molar-refractivity contribution in [3.63, 3.8) is 0 Å². The van der Waals surface area contributed by atoms with Gasteiger partial charge >= 0.3 is 60.8 Å². The smallest absolute Gasteiger partial charge is 1.00 e. The maximum absolute atomic E-state index is 0. The van der Waals surface area contributed by atoms with E-state index in [9.17, 15) is 0 Å². The fourth-order valence-corrected chi connectivity index (χ4v) is 0. The molecule has 0 nitrogen and oxygen atoms in total. The molecule has 0 heterocycles. The Bertz CT molecular complexity index is 16.0. The summed E-state index contributed by atoms with van der Waals surface area (Å²) in [5.74, 6) is 0. The molecule has 4 heavy (non-hydrogen) atoms. The summed E-state index contributed by atoms with van der Waals surface area (Å²) in [5, 5.41) is 0. The summed E-state index contributed by atoms with van der Waals surface area (Å²) in [6.45, 7) is 0. The van der Waals surface area contributed by atoms with E-state index in [0.717, 1.165) is 0 Å². The van der Waals surface area contributed by atoms with Gasteiger partial charge < -0.3 is 5.71 Å². The second-order valence-corrected chi connectivity index (χ2v) is 0. The van der Waals surface area contributed by atoms with E-state index >= 15 is 0 Å². The third-order valence-corrected chi connectivity index (χ3v) is 0. The largest absolute Gasteiger partial charge is 2.00 e. The molecule has 0 aliphatic carbocycles. The second kappa shape index (κ2) is 16.6. The van der Waals surface area contributed by atoms with Gasteiger partial charge in [-0.25, -0.2) is 0 Å². The maximum atomic E-state index is 0. The first-order valence-corrected chi connectivity index (χ1v) is 0. The number of hydrogen-bond acceptors (Lipinski definition) is 0. The quantitative estimate of drug-likeness (QED) is 0.447. The van der Waals surface area contributed by atoms with Crippen molar-refractivity contribution >= 4 is 60.8 Å². The fraction of sp³-hybridized carbons (Fsp3) is 0. The van der Waals surface area contributed by atoms with Crippen LogP contribution < -0.4 is 0 Å². The van der Waals surface area contributed by atoms with Gasteiger partial charge in [-0.3, -0.25) is 0 Å². The van der Waals surface area contributed by atoms with E-state index in [2.05, 4.69) is 0 Å². The van der Waals surface area contributed by atoms with Gasteiger partial charge in [0.1, 0.15) is 0 Å². The van der Waals surface area contributed by atoms with Crippen molar-refractivity contribution in [1.82, 2.24) is 0 Å². The summed E-state index contributed by atoms with van der Waals surface area (Å²) in [6.07, 6.45) is 0. The summed E-state index contributed by atoms with van der Waals surface area (Å²) in [4.78, 5) is 0. The minimum Gasteiger partial charge on any atom is -1.00 e. The van der Waals surface area contributed by atoms with Gasteiger partial charge in [-0.2, -0.15) is 0 Å². The Balaban J connectivity index is 0. The molecule has 0 N–H and O–H groups in total. The van der Waals surface area contributed by atoms with E-state index in [-0.39, 0.29) is 101 Å². The third-order valence-electron chi connectivity index (χ3n) is 0. The van der Waals surface area contributed by atoms with Crippen molar-refractivity contribution in [3.8, 4) is 0 Å². The molecule has 0 amide bonds. The zero-order valence-electron chi connectivity index (χ0n) is 6.15. The molecule has 0 rings (SSSR count). The first-order valence-electron chi connectivity index (χ1n) is 0. The van der Waals surface area contributed by atoms with E-state index in [0.29, 0.717) is 0 Å². The van der Waals surface area contributed by atoms with Crippen LogP contribution >= 0.6 is 0 Å². The Morgan fingerprint density at radius 3 is 1.25 bits per heavy atom. The average Bonchev–Trinajstić information content (AvgIpc) is 0. The van der Waals surface area contributed by atoms with Gasteiger partial charge in [0.25, 0.3) is 0 Å². The Morgan fingerprint density at radius 1 is 1.25 bits per heavy atom. The van der Waals surface area contributed by atoms with Crippen LogP contribution in [0.2, 0.25) is 0 Å². The summed E-state index contributed by atoms with van der Waals surface area (Å²) in [5.41, 5.74) is 0. The molecule has 0 atom stereocenters. The third kappa shape index (κ3) is 8.91. The molecule has 0 aromatic carbocycles. The monoisotopic (exact) mass is 179 g/mol. The van der Waals surface area contributed by atoms with E-state index in [4.69, 9.17) is 0 Å². The standard InChI is InChI=1S/Ca.Fe.Mg.Mn.4H/q+2;;+2;;4*-1. The van der Waals surface area contributed by atoms with Crippen LogP contribution in [0.4, 0.5) is 0 Å². The zero-order chi connectivity index (χ0) is 0. The molecule has 0 aliphatic heterocycles. The first-order chi connectivity index (χ1) is 0. The van der Waals surface area contributed by atoms with Crippen LogP contribution in [0, 0.1) is 0 Å². The SMILES string of the molecule is [Ca+2].[Fe].[H-].[H-].[H-].[H-].[Mg+2].[Mn]. The minimum absolute atomic E-state index is 0. The summed E-state index contributed by atoms with van der Waals surface area (Å²) in [6, 6.07) is 0. The van der Waals surface area contributed by atoms with E-state index < -0.39 is 0 Å². The van der Waals surface area contributed by atoms with Crippen LogP contribution in [-0.4, -0.2) is 60.8 Å². The molecule has 1 radical (unpaired) electrons. The van der Waals surface area contributed by atoms with Gasteiger partial charge in [-0.1, -0.05) is 0 Å². The molecule has 0 saturated carbocycles. The van der Waals surface area contributed by atoms with Gasteiger partial charge in [0.05, 0.1) is 0 Å². The van der Waals surface area contributed by atoms with Gasteiger partial charge in [0, 0.05) is 34.1 Å². The molecule has 23 valence electrons. The molecule has 0 aromatic heterocycles. The molecule has 0 unspecified atom stereocenters. The Kier molecular flexibility index (Phi) is 115. The maximum Gasteiger partial charge on any atom is 2.00 e. The molecule has 0 fully saturated rings. The van der Waals surface area contributed by atoms with Gasteiger partial charge in [0.15, 0.2) is 0 Å². The van der Waals surface area contributed by atoms with Crippen LogP contribution in [0.3, 0.4) is 0 Å². The molecular formula is H4CaFeMgMn. The molecular weight excluding hydrogens is 175 g/mol. The molecule has 0 bridgehead atoms. The fourth-order valence-electron chi connectivity index (χ4n) is 0. The summed E-state index contributed by atoms with van der Waals surface area (Å²) in [7, 11) is 0. The normalized spacial score (nSPS) is 0. The molecule has 0 aliphatic rings. The van der Waals surface area contributed by atoms with Crippen molar-refractivity contribution in [2.75, 3.05) is 0 Å². The van der Waals surface area contributed by atoms with Gasteiger partial charge in [0.2, 0.25) is 0 Å². The second-order valence-electron chi connectivity index (χ2n) is 0. The van der Waals surface area contributed by atoms with Crippen molar-refractivity contribution < 1.29 is 39.8 Å². The van der Waals surface area contributed by atoms with Gasteiger partial charge in [-0.15, -0.1) is 0 Å². The number of hydrogen-bond donors (Lipinski definition) is 0. The summed E-state index contributed by atoms with van der Waals surface area (Å²) < 4.78 is 0. The van der Waals surface area contributed by atoms with Crippen LogP contribution in [0.1, 0.15) is 5.71 Å². The van der Waals surface area contributed by atoms with Crippen LogP contribution in [-0.2, 0) is 34.1 Å². The van der Waals surface area contributed by atoms with Crippen molar-refractivity contribution in [2.24, 2.45) is 0 Å². The summed E-state index contributed by atoms with van der Waals surface area (Å²) >= 11 is 0. The van der Waals surface area contributed by atoms with Gasteiger partial charge in [-0.05, 0) is 0 Å². The van der Waals surface area contributed by atoms with E-state index in [1.165, 1.54) is 0 Å². The van der Waals surface area contributed by atoms with Crippen molar-refractivity contribution in [2.45, 2.75) is 0 Å². The average molecular weight is 179 g/mol. The molecule has 0 spiro atoms. The van der Waals surface area contributed by atoms with Crippen LogP contribution in [0.5, 0.6) is 0 Å². The predicted molar refractivity (Wildman–Crippen MR) is 16.0 cm³/mol. The van der Waals surface area contributed by atoms with Crippen molar-refractivity contribution in [1.29, 1.82) is 0 Å². The zero-order valence-corrected chi connectivity index (χ0v) is 8.05. The van der Waals surface area contributed by atoms with Crippen LogP contribution in [0.15, 0.2) is 0 Å². The molecule has 0 saturated heterocycles. The molecule has 0 aromatic rings. The first kappa shape index (κ1) is 27.7. The predicted octanol–water partition coefficient (Wildman–Crippen LogP) is -0.317. The Labute approximate surface area is 98.9 Å².